The number of hydrogen-bond donors (Lipinski definition) is 1. The van der Waals surface area contributed by atoms with Gasteiger partial charge in [-0.1, -0.05) is 55.3 Å². The molecule has 8 heteroatoms. The van der Waals surface area contributed by atoms with E-state index in [2.05, 4.69) is 13.8 Å². The maximum absolute atomic E-state index is 13.6. The molecule has 0 bridgehead atoms. The average molecular weight is 496 g/mol. The standard InChI is InChI=1S/C24H30ClNO4S2/c1-16(2)12-13-31-23-14-22(18-6-8-19(25)9-7-18)26(15-21(23)24(27)28)32(29,30)20-10-4-17(3)5-11-20/h4-11,16,21-23H,12-15H2,1-3H3,(H,27,28)/t21-,22+,23-/m1/s1. The molecule has 0 aliphatic carbocycles. The van der Waals surface area contributed by atoms with E-state index in [4.69, 9.17) is 11.6 Å². The van der Waals surface area contributed by atoms with Crippen LogP contribution in [0, 0.1) is 18.8 Å². The molecule has 0 saturated carbocycles. The number of piperidine rings is 1. The van der Waals surface area contributed by atoms with Crippen molar-refractivity contribution in [2.45, 2.75) is 49.8 Å². The van der Waals surface area contributed by atoms with Gasteiger partial charge in [-0.3, -0.25) is 4.79 Å². The first-order chi connectivity index (χ1) is 15.1. The highest BCUT2D eigenvalue weighted by atomic mass is 35.5. The molecule has 1 aliphatic rings. The lowest BCUT2D eigenvalue weighted by Crippen LogP contribution is -2.49. The van der Waals surface area contributed by atoms with Gasteiger partial charge in [-0.25, -0.2) is 8.42 Å². The van der Waals surface area contributed by atoms with E-state index in [1.165, 1.54) is 4.31 Å². The second-order valence-electron chi connectivity index (χ2n) is 8.73. The van der Waals surface area contributed by atoms with Gasteiger partial charge in [-0.2, -0.15) is 16.1 Å². The number of aliphatic carboxylic acids is 1. The average Bonchev–Trinajstić information content (AvgIpc) is 2.73. The quantitative estimate of drug-likeness (QED) is 0.513. The van der Waals surface area contributed by atoms with Crippen LogP contribution >= 0.6 is 23.4 Å². The van der Waals surface area contributed by atoms with Crippen molar-refractivity contribution in [3.63, 3.8) is 0 Å². The Labute approximate surface area is 200 Å². The summed E-state index contributed by atoms with van der Waals surface area (Å²) in [7, 11) is -3.88. The topological polar surface area (TPSA) is 74.7 Å². The smallest absolute Gasteiger partial charge is 0.308 e. The minimum Gasteiger partial charge on any atom is -0.481 e. The highest BCUT2D eigenvalue weighted by Crippen LogP contribution is 2.42. The van der Waals surface area contributed by atoms with Crippen molar-refractivity contribution in [2.75, 3.05) is 12.3 Å². The molecule has 174 valence electrons. The fraction of sp³-hybridized carbons (Fsp3) is 0.458. The zero-order chi connectivity index (χ0) is 23.5. The fourth-order valence-electron chi connectivity index (χ4n) is 3.92. The van der Waals surface area contributed by atoms with Crippen molar-refractivity contribution < 1.29 is 18.3 Å². The zero-order valence-electron chi connectivity index (χ0n) is 18.6. The van der Waals surface area contributed by atoms with Gasteiger partial charge in [0.15, 0.2) is 0 Å². The monoisotopic (exact) mass is 495 g/mol. The third kappa shape index (κ3) is 5.87. The Balaban J connectivity index is 1.99. The maximum Gasteiger partial charge on any atom is 0.308 e. The number of hydrogen-bond acceptors (Lipinski definition) is 4. The largest absolute Gasteiger partial charge is 0.481 e. The molecule has 0 spiro atoms. The number of rotatable bonds is 8. The summed E-state index contributed by atoms with van der Waals surface area (Å²) in [6, 6.07) is 13.4. The van der Waals surface area contributed by atoms with Crippen LogP contribution in [0.3, 0.4) is 0 Å². The van der Waals surface area contributed by atoms with Gasteiger partial charge in [0.05, 0.1) is 16.9 Å². The molecule has 1 saturated heterocycles. The van der Waals surface area contributed by atoms with Crippen molar-refractivity contribution in [1.29, 1.82) is 0 Å². The van der Waals surface area contributed by atoms with Crippen LogP contribution in [0.2, 0.25) is 5.02 Å². The first-order valence-corrected chi connectivity index (χ1v) is 13.6. The molecule has 1 N–H and O–H groups in total. The summed E-state index contributed by atoms with van der Waals surface area (Å²) >= 11 is 7.71. The van der Waals surface area contributed by atoms with E-state index in [0.29, 0.717) is 17.4 Å². The molecule has 3 rings (SSSR count). The molecular weight excluding hydrogens is 466 g/mol. The van der Waals surface area contributed by atoms with Crippen LogP contribution in [-0.4, -0.2) is 41.3 Å². The van der Waals surface area contributed by atoms with Crippen LogP contribution in [-0.2, 0) is 14.8 Å². The summed E-state index contributed by atoms with van der Waals surface area (Å²) in [5.41, 5.74) is 1.78. The number of carbonyl (C=O) groups is 1. The predicted octanol–water partition coefficient (Wildman–Crippen LogP) is 5.63. The number of nitrogens with zero attached hydrogens (tertiary/aromatic N) is 1. The molecule has 0 aromatic heterocycles. The van der Waals surface area contributed by atoms with Crippen LogP contribution in [0.15, 0.2) is 53.4 Å². The Morgan fingerprint density at radius 3 is 2.34 bits per heavy atom. The van der Waals surface area contributed by atoms with Crippen molar-refractivity contribution in [3.8, 4) is 0 Å². The summed E-state index contributed by atoms with van der Waals surface area (Å²) < 4.78 is 28.6. The number of benzene rings is 2. The van der Waals surface area contributed by atoms with E-state index >= 15 is 0 Å². The van der Waals surface area contributed by atoms with Crippen molar-refractivity contribution in [3.05, 3.63) is 64.7 Å². The summed E-state index contributed by atoms with van der Waals surface area (Å²) in [6.45, 7) is 6.12. The first kappa shape index (κ1) is 25.1. The maximum atomic E-state index is 13.6. The van der Waals surface area contributed by atoms with Crippen molar-refractivity contribution in [2.24, 2.45) is 11.8 Å². The molecule has 1 fully saturated rings. The van der Waals surface area contributed by atoms with E-state index in [0.717, 1.165) is 23.3 Å². The molecule has 0 unspecified atom stereocenters. The Morgan fingerprint density at radius 2 is 1.78 bits per heavy atom. The Morgan fingerprint density at radius 1 is 1.16 bits per heavy atom. The highest BCUT2D eigenvalue weighted by Gasteiger charge is 2.45. The zero-order valence-corrected chi connectivity index (χ0v) is 21.0. The molecule has 1 heterocycles. The van der Waals surface area contributed by atoms with E-state index in [9.17, 15) is 18.3 Å². The SMILES string of the molecule is Cc1ccc(S(=O)(=O)N2C[C@@H](C(=O)O)[C@H](SCCC(C)C)C[C@H]2c2ccc(Cl)cc2)cc1. The summed E-state index contributed by atoms with van der Waals surface area (Å²) in [4.78, 5) is 12.3. The van der Waals surface area contributed by atoms with Gasteiger partial charge < -0.3 is 5.11 Å². The van der Waals surface area contributed by atoms with Crippen LogP contribution in [0.25, 0.3) is 0 Å². The van der Waals surface area contributed by atoms with Crippen molar-refractivity contribution in [1.82, 2.24) is 4.31 Å². The molecule has 2 aromatic rings. The van der Waals surface area contributed by atoms with Gasteiger partial charge >= 0.3 is 5.97 Å². The van der Waals surface area contributed by atoms with E-state index < -0.39 is 28.0 Å². The first-order valence-electron chi connectivity index (χ1n) is 10.8. The lowest BCUT2D eigenvalue weighted by atomic mass is 9.90. The van der Waals surface area contributed by atoms with Crippen LogP contribution in [0.1, 0.15) is 43.9 Å². The Kier molecular flexibility index (Phi) is 8.31. The number of carboxylic acid groups (broad SMARTS) is 1. The molecule has 0 amide bonds. The van der Waals surface area contributed by atoms with Gasteiger partial charge in [-0.05, 0) is 61.3 Å². The van der Waals surface area contributed by atoms with Gasteiger partial charge in [0, 0.05) is 16.8 Å². The molecule has 0 radical (unpaired) electrons. The summed E-state index contributed by atoms with van der Waals surface area (Å²) in [5, 5.41) is 10.4. The minimum absolute atomic E-state index is 0.0574. The second kappa shape index (κ2) is 10.6. The summed E-state index contributed by atoms with van der Waals surface area (Å²) in [6.07, 6.45) is 1.43. The van der Waals surface area contributed by atoms with E-state index in [-0.39, 0.29) is 16.7 Å². The predicted molar refractivity (Wildman–Crippen MR) is 131 cm³/mol. The number of sulfonamides is 1. The number of halogens is 1. The Hall–Kier alpha value is -1.54. The van der Waals surface area contributed by atoms with Crippen LogP contribution in [0.5, 0.6) is 0 Å². The molecule has 2 aromatic carbocycles. The highest BCUT2D eigenvalue weighted by molar-refractivity contribution is 7.99. The molecular formula is C24H30ClNO4S2. The number of aryl methyl sites for hydroxylation is 1. The molecule has 1 aliphatic heterocycles. The number of thioether (sulfide) groups is 1. The van der Waals surface area contributed by atoms with Gasteiger partial charge in [0.2, 0.25) is 10.0 Å². The van der Waals surface area contributed by atoms with Gasteiger partial charge in [0.1, 0.15) is 0 Å². The normalized spacial score (nSPS) is 22.2. The van der Waals surface area contributed by atoms with E-state index in [1.807, 2.05) is 19.1 Å². The van der Waals surface area contributed by atoms with Crippen LogP contribution < -0.4 is 0 Å². The van der Waals surface area contributed by atoms with Crippen molar-refractivity contribution >= 4 is 39.4 Å². The molecule has 5 nitrogen and oxygen atoms in total. The molecule has 32 heavy (non-hydrogen) atoms. The third-order valence-corrected chi connectivity index (χ3v) is 9.42. The van der Waals surface area contributed by atoms with Gasteiger partial charge in [-0.15, -0.1) is 0 Å². The van der Waals surface area contributed by atoms with Crippen LogP contribution in [0.4, 0.5) is 0 Å². The third-order valence-electron chi connectivity index (χ3n) is 5.86. The number of carboxylic acids is 1. The van der Waals surface area contributed by atoms with E-state index in [1.54, 1.807) is 48.2 Å². The lowest BCUT2D eigenvalue weighted by molar-refractivity contribution is -0.143. The van der Waals surface area contributed by atoms with Gasteiger partial charge in [0.25, 0.3) is 0 Å². The Bertz CT molecular complexity index is 1020. The summed E-state index contributed by atoms with van der Waals surface area (Å²) in [5.74, 6) is -0.342. The second-order valence-corrected chi connectivity index (χ2v) is 12.4. The fourth-order valence-corrected chi connectivity index (χ4v) is 7.36. The minimum atomic E-state index is -3.88. The lowest BCUT2D eigenvalue weighted by Gasteiger charge is -2.42. The molecule has 3 atom stereocenters.